The van der Waals surface area contributed by atoms with Crippen LogP contribution in [0.3, 0.4) is 0 Å². The first-order valence-electron chi connectivity index (χ1n) is 14.5. The standard InChI is InChI=1S/C32H39F3N6O4/c33-32(34,35)24-11-13-25(14-12-24)45-28-9-5-4-8-23(28)21-39-31(44)27(15-10-22-6-2-1-3-7-22)40-30(43)26(38)20-29(42)41(18-16-36)19-17-37/h1-9,11-14,26-27H,10,15-21,36-38H2,(H,39,44)(H,40,43). The Morgan fingerprint density at radius 3 is 2.09 bits per heavy atom. The van der Waals surface area contributed by atoms with Crippen molar-refractivity contribution in [3.8, 4) is 11.5 Å². The van der Waals surface area contributed by atoms with Crippen molar-refractivity contribution < 1.29 is 32.3 Å². The minimum Gasteiger partial charge on any atom is -0.457 e. The Kier molecular flexibility index (Phi) is 13.3. The van der Waals surface area contributed by atoms with Gasteiger partial charge in [-0.25, -0.2) is 0 Å². The summed E-state index contributed by atoms with van der Waals surface area (Å²) in [5.41, 5.74) is 17.9. The molecule has 0 heterocycles. The van der Waals surface area contributed by atoms with E-state index in [2.05, 4.69) is 10.6 Å². The molecule has 45 heavy (non-hydrogen) atoms. The second-order valence-electron chi connectivity index (χ2n) is 10.3. The second kappa shape index (κ2) is 17.1. The summed E-state index contributed by atoms with van der Waals surface area (Å²) < 4.78 is 44.6. The van der Waals surface area contributed by atoms with Gasteiger partial charge in [-0.1, -0.05) is 48.5 Å². The van der Waals surface area contributed by atoms with Crippen molar-refractivity contribution in [3.05, 3.63) is 95.6 Å². The van der Waals surface area contributed by atoms with Gasteiger partial charge in [0.2, 0.25) is 17.7 Å². The molecule has 2 unspecified atom stereocenters. The lowest BCUT2D eigenvalue weighted by atomic mass is 10.0. The third-order valence-electron chi connectivity index (χ3n) is 6.91. The molecule has 242 valence electrons. The number of halogens is 3. The van der Waals surface area contributed by atoms with Gasteiger partial charge < -0.3 is 37.5 Å². The first-order valence-corrected chi connectivity index (χ1v) is 14.5. The van der Waals surface area contributed by atoms with E-state index in [1.807, 2.05) is 30.3 Å². The molecule has 0 aromatic heterocycles. The highest BCUT2D eigenvalue weighted by atomic mass is 19.4. The number of alkyl halides is 3. The van der Waals surface area contributed by atoms with Gasteiger partial charge in [0, 0.05) is 38.3 Å². The molecule has 0 fully saturated rings. The predicted molar refractivity (Wildman–Crippen MR) is 164 cm³/mol. The number of nitrogens with two attached hydrogens (primary N) is 3. The van der Waals surface area contributed by atoms with Crippen molar-refractivity contribution in [1.82, 2.24) is 15.5 Å². The number of rotatable bonds is 16. The first kappa shape index (κ1) is 35.0. The summed E-state index contributed by atoms with van der Waals surface area (Å²) in [5, 5.41) is 5.49. The van der Waals surface area contributed by atoms with E-state index in [0.29, 0.717) is 17.7 Å². The zero-order valence-corrected chi connectivity index (χ0v) is 24.8. The molecule has 13 heteroatoms. The Hall–Kier alpha value is -4.46. The molecule has 10 nitrogen and oxygen atoms in total. The van der Waals surface area contributed by atoms with Crippen molar-refractivity contribution in [2.24, 2.45) is 17.2 Å². The molecule has 3 rings (SSSR count). The van der Waals surface area contributed by atoms with Crippen LogP contribution in [0, 0.1) is 0 Å². The molecule has 3 amide bonds. The predicted octanol–water partition coefficient (Wildman–Crippen LogP) is 2.69. The lowest BCUT2D eigenvalue weighted by molar-refractivity contribution is -0.137. The lowest BCUT2D eigenvalue weighted by Gasteiger charge is -2.24. The van der Waals surface area contributed by atoms with E-state index in [1.54, 1.807) is 24.3 Å². The number of carbonyl (C=O) groups excluding carboxylic acids is 3. The first-order chi connectivity index (χ1) is 21.5. The van der Waals surface area contributed by atoms with Crippen molar-refractivity contribution in [2.45, 2.75) is 44.1 Å². The molecule has 0 bridgehead atoms. The van der Waals surface area contributed by atoms with Gasteiger partial charge in [0.15, 0.2) is 0 Å². The van der Waals surface area contributed by atoms with E-state index in [4.69, 9.17) is 21.9 Å². The number of carbonyl (C=O) groups is 3. The number of amides is 3. The SMILES string of the molecule is NCCN(CCN)C(=O)CC(N)C(=O)NC(CCc1ccccc1)C(=O)NCc1ccccc1Oc1ccc(C(F)(F)F)cc1. The van der Waals surface area contributed by atoms with Crippen LogP contribution in [0.1, 0.15) is 29.5 Å². The monoisotopic (exact) mass is 628 g/mol. The normalized spacial score (nSPS) is 12.6. The van der Waals surface area contributed by atoms with Crippen LogP contribution in [0.5, 0.6) is 11.5 Å². The van der Waals surface area contributed by atoms with Gasteiger partial charge in [-0.05, 0) is 48.7 Å². The van der Waals surface area contributed by atoms with Crippen LogP contribution in [0.25, 0.3) is 0 Å². The highest BCUT2D eigenvalue weighted by Gasteiger charge is 2.30. The highest BCUT2D eigenvalue weighted by molar-refractivity contribution is 5.92. The minimum absolute atomic E-state index is 0.00499. The van der Waals surface area contributed by atoms with Gasteiger partial charge in [-0.15, -0.1) is 0 Å². The Bertz CT molecular complexity index is 1380. The molecule has 8 N–H and O–H groups in total. The summed E-state index contributed by atoms with van der Waals surface area (Å²) in [4.78, 5) is 40.5. The van der Waals surface area contributed by atoms with Gasteiger partial charge in [-0.2, -0.15) is 13.2 Å². The molecular weight excluding hydrogens is 589 g/mol. The van der Waals surface area contributed by atoms with Crippen molar-refractivity contribution in [2.75, 3.05) is 26.2 Å². The average Bonchev–Trinajstić information content (AvgIpc) is 3.02. The summed E-state index contributed by atoms with van der Waals surface area (Å²) in [6, 6.07) is 18.2. The molecule has 2 atom stereocenters. The Morgan fingerprint density at radius 2 is 1.47 bits per heavy atom. The van der Waals surface area contributed by atoms with Crippen LogP contribution in [0.15, 0.2) is 78.9 Å². The van der Waals surface area contributed by atoms with E-state index >= 15 is 0 Å². The Labute approximate surface area is 260 Å². The lowest BCUT2D eigenvalue weighted by Crippen LogP contribution is -2.53. The molecular formula is C32H39F3N6O4. The van der Waals surface area contributed by atoms with E-state index in [1.165, 1.54) is 17.0 Å². The van der Waals surface area contributed by atoms with Crippen LogP contribution in [0.2, 0.25) is 0 Å². The summed E-state index contributed by atoms with van der Waals surface area (Å²) in [6.45, 7) is 1.01. The van der Waals surface area contributed by atoms with E-state index in [-0.39, 0.29) is 57.2 Å². The molecule has 0 aliphatic heterocycles. The maximum Gasteiger partial charge on any atom is 0.416 e. The topological polar surface area (TPSA) is 166 Å². The minimum atomic E-state index is -4.47. The highest BCUT2D eigenvalue weighted by Crippen LogP contribution is 2.32. The molecule has 0 radical (unpaired) electrons. The fourth-order valence-electron chi connectivity index (χ4n) is 4.48. The van der Waals surface area contributed by atoms with Gasteiger partial charge in [0.05, 0.1) is 18.0 Å². The molecule has 0 aliphatic rings. The number of hydrogen-bond acceptors (Lipinski definition) is 7. The number of benzene rings is 3. The molecule has 0 aliphatic carbocycles. The van der Waals surface area contributed by atoms with Crippen LogP contribution in [0.4, 0.5) is 13.2 Å². The van der Waals surface area contributed by atoms with Crippen LogP contribution in [-0.2, 0) is 33.5 Å². The van der Waals surface area contributed by atoms with E-state index in [9.17, 15) is 27.6 Å². The maximum absolute atomic E-state index is 13.4. The van der Waals surface area contributed by atoms with E-state index < -0.39 is 35.6 Å². The number of aryl methyl sites for hydroxylation is 1. The second-order valence-corrected chi connectivity index (χ2v) is 10.3. The Balaban J connectivity index is 1.69. The summed E-state index contributed by atoms with van der Waals surface area (Å²) in [6.07, 6.45) is -4.03. The molecule has 3 aromatic carbocycles. The fraction of sp³-hybridized carbons (Fsp3) is 0.344. The number of nitrogens with zero attached hydrogens (tertiary/aromatic N) is 1. The Morgan fingerprint density at radius 1 is 0.844 bits per heavy atom. The molecule has 0 spiro atoms. The smallest absolute Gasteiger partial charge is 0.416 e. The van der Waals surface area contributed by atoms with Crippen molar-refractivity contribution in [1.29, 1.82) is 0 Å². The van der Waals surface area contributed by atoms with E-state index in [0.717, 1.165) is 17.7 Å². The fourth-order valence-corrected chi connectivity index (χ4v) is 4.48. The number of hydrogen-bond donors (Lipinski definition) is 5. The number of ether oxygens (including phenoxy) is 1. The zero-order valence-electron chi connectivity index (χ0n) is 24.8. The molecule has 0 saturated carbocycles. The summed E-state index contributed by atoms with van der Waals surface area (Å²) >= 11 is 0. The zero-order chi connectivity index (χ0) is 32.8. The third kappa shape index (κ3) is 11.2. The number of nitrogens with one attached hydrogen (secondary N) is 2. The summed E-state index contributed by atoms with van der Waals surface area (Å²) in [5.74, 6) is -1.00. The van der Waals surface area contributed by atoms with Crippen LogP contribution < -0.4 is 32.6 Å². The van der Waals surface area contributed by atoms with Gasteiger partial charge >= 0.3 is 6.18 Å². The summed E-state index contributed by atoms with van der Waals surface area (Å²) in [7, 11) is 0. The van der Waals surface area contributed by atoms with Crippen LogP contribution >= 0.6 is 0 Å². The van der Waals surface area contributed by atoms with Gasteiger partial charge in [0.25, 0.3) is 0 Å². The quantitative estimate of drug-likeness (QED) is 0.163. The van der Waals surface area contributed by atoms with Crippen LogP contribution in [-0.4, -0.2) is 60.9 Å². The maximum atomic E-state index is 13.4. The number of para-hydroxylation sites is 1. The molecule has 0 saturated heterocycles. The van der Waals surface area contributed by atoms with Crippen molar-refractivity contribution >= 4 is 17.7 Å². The largest absolute Gasteiger partial charge is 0.457 e. The van der Waals surface area contributed by atoms with Gasteiger partial charge in [0.1, 0.15) is 17.5 Å². The molecule has 3 aromatic rings. The van der Waals surface area contributed by atoms with Gasteiger partial charge in [-0.3, -0.25) is 14.4 Å². The average molecular weight is 629 g/mol. The van der Waals surface area contributed by atoms with Crippen molar-refractivity contribution in [3.63, 3.8) is 0 Å². The third-order valence-corrected chi connectivity index (χ3v) is 6.91.